The molecule has 0 amide bonds. The second-order valence-electron chi connectivity index (χ2n) is 4.81. The van der Waals surface area contributed by atoms with E-state index in [4.69, 9.17) is 0 Å². The Morgan fingerprint density at radius 3 is 2.73 bits per heavy atom. The molecule has 15 heavy (non-hydrogen) atoms. The maximum atomic E-state index is 4.60. The van der Waals surface area contributed by atoms with Gasteiger partial charge in [-0.25, -0.2) is 9.98 Å². The second kappa shape index (κ2) is 3.61. The van der Waals surface area contributed by atoms with E-state index in [2.05, 4.69) is 55.0 Å². The minimum Gasteiger partial charge on any atom is -0.241 e. The molecule has 0 saturated heterocycles. The molecule has 0 radical (unpaired) electrons. The van der Waals surface area contributed by atoms with Gasteiger partial charge < -0.3 is 0 Å². The third kappa shape index (κ3) is 2.14. The van der Waals surface area contributed by atoms with Crippen LogP contribution in [0.25, 0.3) is 6.08 Å². The molecule has 1 aliphatic heterocycles. The number of hydrogen-bond donors (Lipinski definition) is 0. The number of allylic oxidation sites excluding steroid dienone is 1. The fraction of sp³-hybridized carbons (Fsp3) is 0.385. The molecule has 2 heterocycles. The molecular formula is C13H16N2. The predicted octanol–water partition coefficient (Wildman–Crippen LogP) is 3.50. The van der Waals surface area contributed by atoms with Gasteiger partial charge >= 0.3 is 0 Å². The van der Waals surface area contributed by atoms with Gasteiger partial charge in [-0.2, -0.15) is 0 Å². The molecule has 0 saturated carbocycles. The van der Waals surface area contributed by atoms with E-state index < -0.39 is 0 Å². The molecule has 2 heteroatoms. The quantitative estimate of drug-likeness (QED) is 0.629. The first-order chi connectivity index (χ1) is 7.07. The van der Waals surface area contributed by atoms with E-state index >= 15 is 0 Å². The summed E-state index contributed by atoms with van der Waals surface area (Å²) in [7, 11) is 0. The lowest BCUT2D eigenvalue weighted by atomic mass is 9.91. The van der Waals surface area contributed by atoms with Crippen molar-refractivity contribution in [2.75, 3.05) is 0 Å². The average Bonchev–Trinajstić information content (AvgIpc) is 2.39. The lowest BCUT2D eigenvalue weighted by Gasteiger charge is -2.18. The number of fused-ring (bicyclic) bond motifs is 1. The molecular weight excluding hydrogens is 184 g/mol. The van der Waals surface area contributed by atoms with Crippen molar-refractivity contribution in [3.05, 3.63) is 29.5 Å². The van der Waals surface area contributed by atoms with Crippen LogP contribution in [0.5, 0.6) is 0 Å². The van der Waals surface area contributed by atoms with Crippen molar-refractivity contribution in [1.82, 2.24) is 4.98 Å². The first-order valence-corrected chi connectivity index (χ1v) is 5.28. The van der Waals surface area contributed by atoms with E-state index in [1.807, 2.05) is 6.21 Å². The highest BCUT2D eigenvalue weighted by atomic mass is 14.9. The Labute approximate surface area is 90.8 Å². The van der Waals surface area contributed by atoms with Crippen molar-refractivity contribution >= 4 is 18.1 Å². The highest BCUT2D eigenvalue weighted by Gasteiger charge is 2.16. The second-order valence-corrected chi connectivity index (χ2v) is 4.81. The molecule has 1 aromatic heterocycles. The van der Waals surface area contributed by atoms with Gasteiger partial charge in [0.15, 0.2) is 5.82 Å². The summed E-state index contributed by atoms with van der Waals surface area (Å²) in [4.78, 5) is 8.96. The molecule has 1 aliphatic rings. The Balaban J connectivity index is 2.50. The van der Waals surface area contributed by atoms with Gasteiger partial charge in [-0.1, -0.05) is 32.9 Å². The molecule has 0 aromatic carbocycles. The molecule has 0 N–H and O–H groups in total. The SMILES string of the molecule is CC(C)(C)c1ccc2c(n1)N=CCC=C2. The fourth-order valence-electron chi connectivity index (χ4n) is 1.51. The van der Waals surface area contributed by atoms with Crippen LogP contribution in [0, 0.1) is 0 Å². The van der Waals surface area contributed by atoms with Gasteiger partial charge in [-0.3, -0.25) is 0 Å². The van der Waals surface area contributed by atoms with Crippen molar-refractivity contribution in [2.24, 2.45) is 4.99 Å². The van der Waals surface area contributed by atoms with Gasteiger partial charge in [-0.05, 0) is 12.1 Å². The minimum atomic E-state index is 0.0839. The lowest BCUT2D eigenvalue weighted by Crippen LogP contribution is -2.13. The van der Waals surface area contributed by atoms with E-state index in [0.717, 1.165) is 23.5 Å². The Bertz CT molecular complexity index is 423. The number of rotatable bonds is 0. The highest BCUT2D eigenvalue weighted by Crippen LogP contribution is 2.26. The largest absolute Gasteiger partial charge is 0.241 e. The Morgan fingerprint density at radius 1 is 1.20 bits per heavy atom. The lowest BCUT2D eigenvalue weighted by molar-refractivity contribution is 0.569. The van der Waals surface area contributed by atoms with Gasteiger partial charge in [-0.15, -0.1) is 0 Å². The number of nitrogens with zero attached hydrogens (tertiary/aromatic N) is 2. The topological polar surface area (TPSA) is 25.2 Å². The van der Waals surface area contributed by atoms with Crippen molar-refractivity contribution in [1.29, 1.82) is 0 Å². The van der Waals surface area contributed by atoms with Crippen LogP contribution in [0.15, 0.2) is 23.2 Å². The van der Waals surface area contributed by atoms with E-state index in [1.165, 1.54) is 0 Å². The van der Waals surface area contributed by atoms with Crippen LogP contribution in [0.2, 0.25) is 0 Å². The van der Waals surface area contributed by atoms with E-state index in [0.29, 0.717) is 0 Å². The first-order valence-electron chi connectivity index (χ1n) is 5.28. The third-order valence-electron chi connectivity index (χ3n) is 2.43. The summed E-state index contributed by atoms with van der Waals surface area (Å²) in [5, 5.41) is 0. The van der Waals surface area contributed by atoms with Crippen LogP contribution in [0.4, 0.5) is 5.82 Å². The molecule has 2 rings (SSSR count). The zero-order valence-corrected chi connectivity index (χ0v) is 9.49. The summed E-state index contributed by atoms with van der Waals surface area (Å²) in [6.45, 7) is 6.49. The minimum absolute atomic E-state index is 0.0839. The number of aliphatic imine (C=N–C) groups is 1. The molecule has 0 atom stereocenters. The molecule has 1 aromatic rings. The number of hydrogen-bond acceptors (Lipinski definition) is 2. The van der Waals surface area contributed by atoms with Crippen LogP contribution in [-0.4, -0.2) is 11.2 Å². The van der Waals surface area contributed by atoms with Gasteiger partial charge in [0.25, 0.3) is 0 Å². The molecule has 0 unspecified atom stereocenters. The van der Waals surface area contributed by atoms with E-state index in [-0.39, 0.29) is 5.41 Å². The average molecular weight is 200 g/mol. The summed E-state index contributed by atoms with van der Waals surface area (Å²) < 4.78 is 0. The van der Waals surface area contributed by atoms with Crippen LogP contribution in [0.1, 0.15) is 38.4 Å². The summed E-state index contributed by atoms with van der Waals surface area (Å²) in [5.41, 5.74) is 2.28. The van der Waals surface area contributed by atoms with Crippen LogP contribution < -0.4 is 0 Å². The molecule has 0 fully saturated rings. The maximum absolute atomic E-state index is 4.60. The zero-order valence-electron chi connectivity index (χ0n) is 9.49. The molecule has 78 valence electrons. The Kier molecular flexibility index (Phi) is 2.43. The van der Waals surface area contributed by atoms with Crippen molar-refractivity contribution in [2.45, 2.75) is 32.6 Å². The zero-order chi connectivity index (χ0) is 10.9. The van der Waals surface area contributed by atoms with Crippen LogP contribution in [-0.2, 0) is 5.41 Å². The Morgan fingerprint density at radius 2 is 2.00 bits per heavy atom. The fourth-order valence-corrected chi connectivity index (χ4v) is 1.51. The van der Waals surface area contributed by atoms with E-state index in [1.54, 1.807) is 0 Å². The third-order valence-corrected chi connectivity index (χ3v) is 2.43. The molecule has 0 bridgehead atoms. The monoisotopic (exact) mass is 200 g/mol. The summed E-state index contributed by atoms with van der Waals surface area (Å²) in [6.07, 6.45) is 6.98. The highest BCUT2D eigenvalue weighted by molar-refractivity contribution is 5.73. The normalized spacial score (nSPS) is 14.9. The maximum Gasteiger partial charge on any atom is 0.159 e. The molecule has 0 spiro atoms. The molecule has 0 aliphatic carbocycles. The van der Waals surface area contributed by atoms with Gasteiger partial charge in [0.1, 0.15) is 0 Å². The number of pyridine rings is 1. The summed E-state index contributed by atoms with van der Waals surface area (Å²) >= 11 is 0. The van der Waals surface area contributed by atoms with Crippen LogP contribution >= 0.6 is 0 Å². The van der Waals surface area contributed by atoms with E-state index in [9.17, 15) is 0 Å². The summed E-state index contributed by atoms with van der Waals surface area (Å²) in [6, 6.07) is 4.19. The summed E-state index contributed by atoms with van der Waals surface area (Å²) in [5.74, 6) is 0.844. The predicted molar refractivity (Wildman–Crippen MR) is 64.7 cm³/mol. The van der Waals surface area contributed by atoms with Crippen molar-refractivity contribution in [3.63, 3.8) is 0 Å². The van der Waals surface area contributed by atoms with Gasteiger partial charge in [0.05, 0.1) is 0 Å². The van der Waals surface area contributed by atoms with Crippen molar-refractivity contribution in [3.8, 4) is 0 Å². The van der Waals surface area contributed by atoms with Crippen LogP contribution in [0.3, 0.4) is 0 Å². The van der Waals surface area contributed by atoms with Gasteiger partial charge in [0, 0.05) is 29.3 Å². The molecule has 2 nitrogen and oxygen atoms in total. The van der Waals surface area contributed by atoms with Crippen molar-refractivity contribution < 1.29 is 0 Å². The number of aromatic nitrogens is 1. The standard InChI is InChI=1S/C13H16N2/c1-13(2,3)11-8-7-10-6-4-5-9-14-12(10)15-11/h4,6-9H,5H2,1-3H3. The first kappa shape index (κ1) is 10.1. The Hall–Kier alpha value is -1.44. The smallest absolute Gasteiger partial charge is 0.159 e. The van der Waals surface area contributed by atoms with Gasteiger partial charge in [0.2, 0.25) is 0 Å².